The summed E-state index contributed by atoms with van der Waals surface area (Å²) in [5.41, 5.74) is 0. The first-order valence-corrected chi connectivity index (χ1v) is 3.99. The Morgan fingerprint density at radius 3 is 2.85 bits per heavy atom. The average Bonchev–Trinajstić information content (AvgIpc) is 2.51. The molecule has 0 unspecified atom stereocenters. The first-order valence-electron chi connectivity index (χ1n) is 3.99. The Balaban J connectivity index is 0.00000144. The van der Waals surface area contributed by atoms with E-state index in [9.17, 15) is 4.79 Å². The molecule has 0 aromatic carbocycles. The highest BCUT2D eigenvalue weighted by Gasteiger charge is 2.08. The Kier molecular flexibility index (Phi) is 4.80. The number of hydrogen-bond donors (Lipinski definition) is 0. The first-order chi connectivity index (χ1) is 5.79. The molecule has 4 nitrogen and oxygen atoms in total. The van der Waals surface area contributed by atoms with Crippen LogP contribution in [0.15, 0.2) is 12.4 Å². The lowest BCUT2D eigenvalue weighted by Gasteiger charge is -2.03. The van der Waals surface area contributed by atoms with Crippen LogP contribution < -0.4 is 0 Å². The van der Waals surface area contributed by atoms with Crippen molar-refractivity contribution in [3.05, 3.63) is 18.2 Å². The van der Waals surface area contributed by atoms with Gasteiger partial charge in [0.25, 0.3) is 0 Å². The second-order valence-electron chi connectivity index (χ2n) is 2.27. The molecular formula is C9H16N2O2. The van der Waals surface area contributed by atoms with Crippen LogP contribution in [0.1, 0.15) is 27.1 Å². The summed E-state index contributed by atoms with van der Waals surface area (Å²) in [5, 5.41) is 0. The summed E-state index contributed by atoms with van der Waals surface area (Å²) in [5.74, 6) is 0.730. The predicted molar refractivity (Wildman–Crippen MR) is 50.8 cm³/mol. The fourth-order valence-electron chi connectivity index (χ4n) is 0.955. The molecule has 0 bridgehead atoms. The minimum absolute atomic E-state index is 0. The van der Waals surface area contributed by atoms with E-state index in [-0.39, 0.29) is 13.5 Å². The van der Waals surface area contributed by atoms with Gasteiger partial charge in [0.2, 0.25) is 0 Å². The maximum absolute atomic E-state index is 11.2. The highest BCUT2D eigenvalue weighted by molar-refractivity contribution is 5.70. The second-order valence-corrected chi connectivity index (χ2v) is 2.27. The lowest BCUT2D eigenvalue weighted by Crippen LogP contribution is -2.15. The summed E-state index contributed by atoms with van der Waals surface area (Å²) in [4.78, 5) is 15.2. The predicted octanol–water partition coefficient (Wildman–Crippen LogP) is 2.09. The van der Waals surface area contributed by atoms with Crippen molar-refractivity contribution in [1.82, 2.24) is 9.55 Å². The molecule has 0 radical (unpaired) electrons. The highest BCUT2D eigenvalue weighted by Crippen LogP contribution is 1.99. The third kappa shape index (κ3) is 2.57. The van der Waals surface area contributed by atoms with Gasteiger partial charge in [0, 0.05) is 18.8 Å². The van der Waals surface area contributed by atoms with Crippen molar-refractivity contribution in [2.75, 3.05) is 6.61 Å². The number of aryl methyl sites for hydroxylation is 1. The van der Waals surface area contributed by atoms with Crippen LogP contribution in [0.2, 0.25) is 0 Å². The van der Waals surface area contributed by atoms with Crippen LogP contribution in [0.5, 0.6) is 0 Å². The largest absolute Gasteiger partial charge is 0.449 e. The van der Waals surface area contributed by atoms with E-state index in [0.29, 0.717) is 6.61 Å². The smallest absolute Gasteiger partial charge is 0.419 e. The standard InChI is InChI=1S/C8H12N2O2.CH4/c1-3-7-9-5-6-10(7)8(11)12-4-2;/h5-6H,3-4H2,1-2H3;1H4. The maximum Gasteiger partial charge on any atom is 0.419 e. The van der Waals surface area contributed by atoms with E-state index in [1.165, 1.54) is 4.57 Å². The van der Waals surface area contributed by atoms with Crippen molar-refractivity contribution >= 4 is 6.09 Å². The molecule has 1 heterocycles. The molecule has 1 rings (SSSR count). The van der Waals surface area contributed by atoms with E-state index >= 15 is 0 Å². The molecule has 0 N–H and O–H groups in total. The van der Waals surface area contributed by atoms with Gasteiger partial charge in [0.15, 0.2) is 0 Å². The SMILES string of the molecule is C.CCOC(=O)n1ccnc1CC. The molecular weight excluding hydrogens is 168 g/mol. The third-order valence-electron chi connectivity index (χ3n) is 1.50. The summed E-state index contributed by atoms with van der Waals surface area (Å²) in [7, 11) is 0. The number of aromatic nitrogens is 2. The van der Waals surface area contributed by atoms with Crippen LogP contribution in [-0.4, -0.2) is 22.3 Å². The molecule has 0 aliphatic heterocycles. The molecule has 0 aliphatic rings. The van der Waals surface area contributed by atoms with Crippen LogP contribution in [0, 0.1) is 0 Å². The topological polar surface area (TPSA) is 44.1 Å². The van der Waals surface area contributed by atoms with Gasteiger partial charge < -0.3 is 4.74 Å². The molecule has 1 aromatic heterocycles. The van der Waals surface area contributed by atoms with Gasteiger partial charge in [-0.1, -0.05) is 14.4 Å². The molecule has 1 aromatic rings. The van der Waals surface area contributed by atoms with Gasteiger partial charge in [0.05, 0.1) is 6.61 Å². The minimum atomic E-state index is -0.355. The summed E-state index contributed by atoms with van der Waals surface area (Å²) in [6.45, 7) is 4.11. The van der Waals surface area contributed by atoms with E-state index in [2.05, 4.69) is 4.98 Å². The zero-order valence-corrected chi connectivity index (χ0v) is 7.28. The first kappa shape index (κ1) is 11.7. The zero-order chi connectivity index (χ0) is 8.97. The highest BCUT2D eigenvalue weighted by atomic mass is 16.5. The summed E-state index contributed by atoms with van der Waals surface area (Å²) in [6.07, 6.45) is 3.57. The van der Waals surface area contributed by atoms with E-state index in [4.69, 9.17) is 4.74 Å². The Morgan fingerprint density at radius 2 is 2.31 bits per heavy atom. The van der Waals surface area contributed by atoms with E-state index in [1.807, 2.05) is 6.92 Å². The van der Waals surface area contributed by atoms with Gasteiger partial charge in [0.1, 0.15) is 5.82 Å². The normalized spacial score (nSPS) is 9.08. The van der Waals surface area contributed by atoms with Gasteiger partial charge in [-0.25, -0.2) is 14.3 Å². The van der Waals surface area contributed by atoms with Crippen molar-refractivity contribution < 1.29 is 9.53 Å². The lowest BCUT2D eigenvalue weighted by molar-refractivity contribution is 0.153. The van der Waals surface area contributed by atoms with E-state index in [0.717, 1.165) is 12.2 Å². The number of imidazole rings is 1. The van der Waals surface area contributed by atoms with Gasteiger partial charge in [-0.15, -0.1) is 0 Å². The number of rotatable bonds is 2. The summed E-state index contributed by atoms with van der Waals surface area (Å²) >= 11 is 0. The van der Waals surface area contributed by atoms with Crippen molar-refractivity contribution in [1.29, 1.82) is 0 Å². The van der Waals surface area contributed by atoms with Crippen molar-refractivity contribution in [3.8, 4) is 0 Å². The number of ether oxygens (including phenoxy) is 1. The molecule has 0 amide bonds. The van der Waals surface area contributed by atoms with Crippen molar-refractivity contribution in [3.63, 3.8) is 0 Å². The van der Waals surface area contributed by atoms with E-state index in [1.54, 1.807) is 19.3 Å². The van der Waals surface area contributed by atoms with Crippen LogP contribution in [0.4, 0.5) is 4.79 Å². The van der Waals surface area contributed by atoms with Crippen LogP contribution in [-0.2, 0) is 11.2 Å². The Bertz CT molecular complexity index is 268. The number of carbonyl (C=O) groups excluding carboxylic acids is 1. The summed E-state index contributed by atoms with van der Waals surface area (Å²) < 4.78 is 6.23. The molecule has 0 fully saturated rings. The molecule has 0 spiro atoms. The molecule has 74 valence electrons. The lowest BCUT2D eigenvalue weighted by atomic mass is 10.5. The molecule has 0 aliphatic carbocycles. The van der Waals surface area contributed by atoms with Gasteiger partial charge in [-0.3, -0.25) is 0 Å². The monoisotopic (exact) mass is 184 g/mol. The van der Waals surface area contributed by atoms with E-state index < -0.39 is 0 Å². The van der Waals surface area contributed by atoms with Gasteiger partial charge in [-0.2, -0.15) is 0 Å². The van der Waals surface area contributed by atoms with Crippen LogP contribution >= 0.6 is 0 Å². The Morgan fingerprint density at radius 1 is 1.62 bits per heavy atom. The fraction of sp³-hybridized carbons (Fsp3) is 0.556. The molecule has 0 saturated heterocycles. The van der Waals surface area contributed by atoms with Crippen LogP contribution in [0.25, 0.3) is 0 Å². The number of carbonyl (C=O) groups is 1. The average molecular weight is 184 g/mol. The van der Waals surface area contributed by atoms with Crippen molar-refractivity contribution in [2.45, 2.75) is 27.7 Å². The Hall–Kier alpha value is -1.32. The van der Waals surface area contributed by atoms with Gasteiger partial charge in [-0.05, 0) is 6.92 Å². The number of hydrogen-bond acceptors (Lipinski definition) is 3. The molecule has 13 heavy (non-hydrogen) atoms. The third-order valence-corrected chi connectivity index (χ3v) is 1.50. The zero-order valence-electron chi connectivity index (χ0n) is 7.28. The second kappa shape index (κ2) is 5.35. The maximum atomic E-state index is 11.2. The fourth-order valence-corrected chi connectivity index (χ4v) is 0.955. The quantitative estimate of drug-likeness (QED) is 0.706. The van der Waals surface area contributed by atoms with Gasteiger partial charge >= 0.3 is 6.09 Å². The minimum Gasteiger partial charge on any atom is -0.449 e. The summed E-state index contributed by atoms with van der Waals surface area (Å²) in [6, 6.07) is 0. The van der Waals surface area contributed by atoms with Crippen molar-refractivity contribution in [2.24, 2.45) is 0 Å². The molecule has 0 saturated carbocycles. The molecule has 4 heteroatoms. The molecule has 0 atom stereocenters. The van der Waals surface area contributed by atoms with Crippen LogP contribution in [0.3, 0.4) is 0 Å². The Labute approximate surface area is 78.5 Å². The number of nitrogens with zero attached hydrogens (tertiary/aromatic N) is 2.